The lowest BCUT2D eigenvalue weighted by molar-refractivity contribution is 0.0191. The minimum Gasteiger partial charge on any atom is -0.386 e. The Morgan fingerprint density at radius 1 is 1.46 bits per heavy atom. The fourth-order valence-corrected chi connectivity index (χ4v) is 2.08. The molecule has 1 aliphatic carbocycles. The average molecular weight is 182 g/mol. The molecular weight excluding hydrogens is 160 g/mol. The Hall–Kier alpha value is -0.300. The number of rotatable bonds is 0. The van der Waals surface area contributed by atoms with Gasteiger partial charge < -0.3 is 5.11 Å². The first-order chi connectivity index (χ1) is 5.73. The van der Waals surface area contributed by atoms with Crippen LogP contribution in [0.5, 0.6) is 0 Å². The molecule has 0 unspecified atom stereocenters. The molecule has 1 N–H and O–H groups in total. The molecule has 1 nitrogen and oxygen atoms in total. The van der Waals surface area contributed by atoms with Crippen LogP contribution in [-0.4, -0.2) is 10.7 Å². The van der Waals surface area contributed by atoms with Crippen LogP contribution in [0.1, 0.15) is 47.0 Å². The monoisotopic (exact) mass is 182 g/mol. The fraction of sp³-hybridized carbons (Fsp3) is 0.833. The third kappa shape index (κ3) is 2.34. The zero-order valence-electron chi connectivity index (χ0n) is 9.35. The molecule has 13 heavy (non-hydrogen) atoms. The number of hydrogen-bond donors (Lipinski definition) is 1. The molecule has 2 atom stereocenters. The maximum atomic E-state index is 10.1. The van der Waals surface area contributed by atoms with Gasteiger partial charge in [0.1, 0.15) is 0 Å². The fourth-order valence-electron chi connectivity index (χ4n) is 2.08. The first-order valence-electron chi connectivity index (χ1n) is 5.14. The average Bonchev–Trinajstić information content (AvgIpc) is 1.92. The van der Waals surface area contributed by atoms with Gasteiger partial charge in [-0.15, -0.1) is 0 Å². The van der Waals surface area contributed by atoms with Gasteiger partial charge in [-0.1, -0.05) is 27.4 Å². The minimum atomic E-state index is -0.629. The Morgan fingerprint density at radius 3 is 2.38 bits per heavy atom. The quantitative estimate of drug-likeness (QED) is 0.571. The van der Waals surface area contributed by atoms with Gasteiger partial charge in [0.25, 0.3) is 0 Å². The first-order valence-corrected chi connectivity index (χ1v) is 5.14. The van der Waals surface area contributed by atoms with Crippen LogP contribution in [0.3, 0.4) is 0 Å². The SMILES string of the molecule is C=C1CC[C@H](C(C)(C)C)C[C@]1(C)O. The molecule has 1 heteroatoms. The van der Waals surface area contributed by atoms with Crippen molar-refractivity contribution in [3.8, 4) is 0 Å². The highest BCUT2D eigenvalue weighted by Gasteiger charge is 2.37. The van der Waals surface area contributed by atoms with Crippen molar-refractivity contribution in [2.45, 2.75) is 52.6 Å². The van der Waals surface area contributed by atoms with Crippen LogP contribution in [0.25, 0.3) is 0 Å². The highest BCUT2D eigenvalue weighted by atomic mass is 16.3. The molecular formula is C12H22O. The van der Waals surface area contributed by atoms with E-state index in [1.54, 1.807) is 0 Å². The second-order valence-electron chi connectivity index (χ2n) is 5.68. The summed E-state index contributed by atoms with van der Waals surface area (Å²) in [5.74, 6) is 0.619. The van der Waals surface area contributed by atoms with Crippen molar-refractivity contribution in [3.05, 3.63) is 12.2 Å². The zero-order chi connectivity index (χ0) is 10.3. The van der Waals surface area contributed by atoms with E-state index in [2.05, 4.69) is 27.4 Å². The third-order valence-corrected chi connectivity index (χ3v) is 3.42. The topological polar surface area (TPSA) is 20.2 Å². The van der Waals surface area contributed by atoms with Gasteiger partial charge in [-0.25, -0.2) is 0 Å². The molecule has 0 amide bonds. The van der Waals surface area contributed by atoms with E-state index in [4.69, 9.17) is 0 Å². The summed E-state index contributed by atoms with van der Waals surface area (Å²) in [7, 11) is 0. The van der Waals surface area contributed by atoms with E-state index in [-0.39, 0.29) is 0 Å². The van der Waals surface area contributed by atoms with E-state index < -0.39 is 5.60 Å². The standard InChI is InChI=1S/C12H22O/c1-9-6-7-10(11(2,3)4)8-12(9,5)13/h10,13H,1,6-8H2,2-5H3/t10-,12-/m0/s1. The summed E-state index contributed by atoms with van der Waals surface area (Å²) >= 11 is 0. The second-order valence-corrected chi connectivity index (χ2v) is 5.68. The zero-order valence-corrected chi connectivity index (χ0v) is 9.35. The van der Waals surface area contributed by atoms with Crippen molar-refractivity contribution < 1.29 is 5.11 Å². The molecule has 0 radical (unpaired) electrons. The van der Waals surface area contributed by atoms with Crippen LogP contribution in [0.2, 0.25) is 0 Å². The Labute approximate surface area is 81.9 Å². The van der Waals surface area contributed by atoms with Gasteiger partial charge in [0.05, 0.1) is 5.60 Å². The van der Waals surface area contributed by atoms with E-state index in [0.29, 0.717) is 11.3 Å². The summed E-state index contributed by atoms with van der Waals surface area (Å²) in [4.78, 5) is 0. The molecule has 1 saturated carbocycles. The molecule has 0 saturated heterocycles. The second kappa shape index (κ2) is 3.13. The maximum absolute atomic E-state index is 10.1. The van der Waals surface area contributed by atoms with Gasteiger partial charge >= 0.3 is 0 Å². The van der Waals surface area contributed by atoms with Gasteiger partial charge in [-0.05, 0) is 43.1 Å². The van der Waals surface area contributed by atoms with Crippen LogP contribution in [-0.2, 0) is 0 Å². The largest absolute Gasteiger partial charge is 0.386 e. The summed E-state index contributed by atoms with van der Waals surface area (Å²) in [6.45, 7) is 12.6. The highest BCUT2D eigenvalue weighted by Crippen LogP contribution is 2.43. The molecule has 76 valence electrons. The maximum Gasteiger partial charge on any atom is 0.0829 e. The van der Waals surface area contributed by atoms with E-state index >= 15 is 0 Å². The van der Waals surface area contributed by atoms with Gasteiger partial charge in [-0.2, -0.15) is 0 Å². The van der Waals surface area contributed by atoms with Crippen molar-refractivity contribution in [2.24, 2.45) is 11.3 Å². The molecule has 0 aromatic heterocycles. The normalized spacial score (nSPS) is 36.4. The molecule has 0 bridgehead atoms. The predicted molar refractivity (Wildman–Crippen MR) is 56.6 cm³/mol. The Kier molecular flexibility index (Phi) is 2.59. The van der Waals surface area contributed by atoms with E-state index in [1.165, 1.54) is 6.42 Å². The number of hydrogen-bond acceptors (Lipinski definition) is 1. The van der Waals surface area contributed by atoms with Crippen LogP contribution >= 0.6 is 0 Å². The van der Waals surface area contributed by atoms with Crippen molar-refractivity contribution in [1.29, 1.82) is 0 Å². The molecule has 1 aliphatic rings. The lowest BCUT2D eigenvalue weighted by Gasteiger charge is -2.42. The minimum absolute atomic E-state index is 0.310. The molecule has 1 fully saturated rings. The first kappa shape index (κ1) is 10.8. The van der Waals surface area contributed by atoms with E-state index in [1.807, 2.05) is 6.92 Å². The lowest BCUT2D eigenvalue weighted by Crippen LogP contribution is -2.38. The van der Waals surface area contributed by atoms with Crippen molar-refractivity contribution in [2.75, 3.05) is 0 Å². The summed E-state index contributed by atoms with van der Waals surface area (Å²) in [6, 6.07) is 0. The molecule has 0 aliphatic heterocycles. The van der Waals surface area contributed by atoms with Gasteiger partial charge in [0.2, 0.25) is 0 Å². The predicted octanol–water partition coefficient (Wildman–Crippen LogP) is 3.14. The summed E-state index contributed by atoms with van der Waals surface area (Å²) in [5.41, 5.74) is 0.689. The molecule has 0 aromatic carbocycles. The van der Waals surface area contributed by atoms with Crippen molar-refractivity contribution in [1.82, 2.24) is 0 Å². The van der Waals surface area contributed by atoms with Crippen molar-refractivity contribution >= 4 is 0 Å². The van der Waals surface area contributed by atoms with Crippen LogP contribution in [0.4, 0.5) is 0 Å². The van der Waals surface area contributed by atoms with E-state index in [0.717, 1.165) is 18.4 Å². The van der Waals surface area contributed by atoms with Gasteiger partial charge in [0.15, 0.2) is 0 Å². The van der Waals surface area contributed by atoms with Crippen LogP contribution in [0.15, 0.2) is 12.2 Å². The molecule has 0 heterocycles. The number of aliphatic hydroxyl groups is 1. The molecule has 0 aromatic rings. The van der Waals surface area contributed by atoms with Crippen molar-refractivity contribution in [3.63, 3.8) is 0 Å². The molecule has 1 rings (SSSR count). The molecule has 0 spiro atoms. The summed E-state index contributed by atoms with van der Waals surface area (Å²) in [6.07, 6.45) is 3.03. The summed E-state index contributed by atoms with van der Waals surface area (Å²) < 4.78 is 0. The van der Waals surface area contributed by atoms with Crippen LogP contribution < -0.4 is 0 Å². The van der Waals surface area contributed by atoms with E-state index in [9.17, 15) is 5.11 Å². The Bertz CT molecular complexity index is 208. The highest BCUT2D eigenvalue weighted by molar-refractivity contribution is 5.14. The van der Waals surface area contributed by atoms with Gasteiger partial charge in [0, 0.05) is 0 Å². The summed E-state index contributed by atoms with van der Waals surface area (Å²) in [5, 5.41) is 10.1. The smallest absolute Gasteiger partial charge is 0.0829 e. The van der Waals surface area contributed by atoms with Crippen LogP contribution in [0, 0.1) is 11.3 Å². The third-order valence-electron chi connectivity index (χ3n) is 3.42. The Morgan fingerprint density at radius 2 is 2.00 bits per heavy atom. The Balaban J connectivity index is 2.72. The lowest BCUT2D eigenvalue weighted by atomic mass is 9.66. The van der Waals surface area contributed by atoms with Gasteiger partial charge in [-0.3, -0.25) is 0 Å².